The number of amides is 1. The summed E-state index contributed by atoms with van der Waals surface area (Å²) < 4.78 is 11.4. The van der Waals surface area contributed by atoms with Gasteiger partial charge in [-0.2, -0.15) is 0 Å². The number of methoxy groups -OCH3 is 1. The molecular weight excluding hydrogens is 388 g/mol. The Hall–Kier alpha value is -3.05. The Morgan fingerprint density at radius 3 is 2.83 bits per heavy atom. The van der Waals surface area contributed by atoms with Crippen LogP contribution in [-0.2, 0) is 13.0 Å². The molecule has 29 heavy (non-hydrogen) atoms. The summed E-state index contributed by atoms with van der Waals surface area (Å²) in [4.78, 5) is 19.2. The van der Waals surface area contributed by atoms with Crippen LogP contribution in [0.25, 0.3) is 0 Å². The molecule has 5 nitrogen and oxygen atoms in total. The average molecular weight is 409 g/mol. The lowest BCUT2D eigenvalue weighted by molar-refractivity contribution is 0.0981. The van der Waals surface area contributed by atoms with Gasteiger partial charge in [-0.05, 0) is 49.2 Å². The molecule has 0 aliphatic carbocycles. The first-order valence-corrected chi connectivity index (χ1v) is 9.77. The maximum absolute atomic E-state index is 13.2. The number of anilines is 1. The summed E-state index contributed by atoms with van der Waals surface area (Å²) in [5, 5.41) is 0.648. The predicted molar refractivity (Wildman–Crippen MR) is 113 cm³/mol. The minimum atomic E-state index is -0.0709. The van der Waals surface area contributed by atoms with Crippen molar-refractivity contribution in [1.29, 1.82) is 0 Å². The molecule has 2 heterocycles. The van der Waals surface area contributed by atoms with Gasteiger partial charge >= 0.3 is 0 Å². The summed E-state index contributed by atoms with van der Waals surface area (Å²) in [6.07, 6.45) is 4.33. The van der Waals surface area contributed by atoms with Gasteiger partial charge in [-0.3, -0.25) is 9.78 Å². The second-order valence-corrected chi connectivity index (χ2v) is 7.39. The monoisotopic (exact) mass is 408 g/mol. The predicted octanol–water partition coefficient (Wildman–Crippen LogP) is 4.91. The normalized spacial score (nSPS) is 15.1. The summed E-state index contributed by atoms with van der Waals surface area (Å²) in [6.45, 7) is 2.35. The van der Waals surface area contributed by atoms with Crippen molar-refractivity contribution in [1.82, 2.24) is 4.98 Å². The first-order valence-electron chi connectivity index (χ1n) is 9.39. The Kier molecular flexibility index (Phi) is 5.41. The van der Waals surface area contributed by atoms with E-state index in [9.17, 15) is 4.79 Å². The van der Waals surface area contributed by atoms with Gasteiger partial charge in [0.1, 0.15) is 6.61 Å². The molecule has 148 valence electrons. The second kappa shape index (κ2) is 8.13. The fraction of sp³-hybridized carbons (Fsp3) is 0.217. The molecule has 1 unspecified atom stereocenters. The molecular formula is C23H21ClN2O3. The second-order valence-electron chi connectivity index (χ2n) is 6.98. The fourth-order valence-electron chi connectivity index (χ4n) is 3.60. The van der Waals surface area contributed by atoms with Gasteiger partial charge in [-0.25, -0.2) is 0 Å². The highest BCUT2D eigenvalue weighted by molar-refractivity contribution is 6.31. The van der Waals surface area contributed by atoms with Gasteiger partial charge in [0.05, 0.1) is 12.8 Å². The third-order valence-electron chi connectivity index (χ3n) is 5.06. The van der Waals surface area contributed by atoms with E-state index in [2.05, 4.69) is 4.98 Å². The summed E-state index contributed by atoms with van der Waals surface area (Å²) >= 11 is 6.19. The molecule has 1 aliphatic rings. The number of ether oxygens (including phenoxy) is 2. The van der Waals surface area contributed by atoms with Gasteiger partial charge < -0.3 is 14.4 Å². The summed E-state index contributed by atoms with van der Waals surface area (Å²) in [6, 6.07) is 14.7. The Labute approximate surface area is 174 Å². The van der Waals surface area contributed by atoms with Crippen molar-refractivity contribution in [3.63, 3.8) is 0 Å². The molecule has 4 rings (SSSR count). The van der Waals surface area contributed by atoms with Crippen LogP contribution < -0.4 is 14.4 Å². The van der Waals surface area contributed by atoms with E-state index in [1.165, 1.54) is 0 Å². The van der Waals surface area contributed by atoms with Gasteiger partial charge in [0.15, 0.2) is 11.5 Å². The van der Waals surface area contributed by atoms with E-state index in [-0.39, 0.29) is 11.9 Å². The molecule has 0 bridgehead atoms. The topological polar surface area (TPSA) is 51.7 Å². The van der Waals surface area contributed by atoms with Crippen molar-refractivity contribution in [3.8, 4) is 11.5 Å². The van der Waals surface area contributed by atoms with E-state index >= 15 is 0 Å². The van der Waals surface area contributed by atoms with Crippen molar-refractivity contribution in [2.75, 3.05) is 12.0 Å². The molecule has 1 atom stereocenters. The Morgan fingerprint density at radius 2 is 2.03 bits per heavy atom. The molecule has 6 heteroatoms. The third kappa shape index (κ3) is 3.78. The summed E-state index contributed by atoms with van der Waals surface area (Å²) in [5.74, 6) is 0.992. The van der Waals surface area contributed by atoms with Crippen LogP contribution in [0.2, 0.25) is 5.02 Å². The highest BCUT2D eigenvalue weighted by atomic mass is 35.5. The fourth-order valence-corrected chi connectivity index (χ4v) is 3.79. The number of benzene rings is 2. The number of hydrogen-bond acceptors (Lipinski definition) is 4. The number of hydrogen-bond donors (Lipinski definition) is 0. The molecule has 1 amide bonds. The number of aromatic nitrogens is 1. The van der Waals surface area contributed by atoms with Crippen molar-refractivity contribution >= 4 is 23.2 Å². The van der Waals surface area contributed by atoms with Crippen LogP contribution >= 0.6 is 11.6 Å². The van der Waals surface area contributed by atoms with Gasteiger partial charge in [0.2, 0.25) is 0 Å². The van der Waals surface area contributed by atoms with E-state index in [1.54, 1.807) is 31.5 Å². The summed E-state index contributed by atoms with van der Waals surface area (Å²) in [7, 11) is 1.56. The molecule has 2 aromatic carbocycles. The Bertz CT molecular complexity index is 1050. The van der Waals surface area contributed by atoms with Crippen LogP contribution in [-0.4, -0.2) is 24.0 Å². The zero-order valence-corrected chi connectivity index (χ0v) is 17.0. The van der Waals surface area contributed by atoms with Gasteiger partial charge in [-0.1, -0.05) is 29.8 Å². The molecule has 3 aromatic rings. The molecule has 0 N–H and O–H groups in total. The van der Waals surface area contributed by atoms with Crippen molar-refractivity contribution < 1.29 is 14.3 Å². The molecule has 0 fully saturated rings. The van der Waals surface area contributed by atoms with Crippen LogP contribution in [0.4, 0.5) is 5.69 Å². The Balaban J connectivity index is 1.57. The number of carbonyl (C=O) groups is 1. The van der Waals surface area contributed by atoms with Crippen LogP contribution in [0.5, 0.6) is 11.5 Å². The average Bonchev–Trinajstić information content (AvgIpc) is 3.08. The highest BCUT2D eigenvalue weighted by Crippen LogP contribution is 2.35. The van der Waals surface area contributed by atoms with Crippen molar-refractivity contribution in [3.05, 3.63) is 82.6 Å². The van der Waals surface area contributed by atoms with Gasteiger partial charge in [-0.15, -0.1) is 0 Å². The highest BCUT2D eigenvalue weighted by Gasteiger charge is 2.31. The summed E-state index contributed by atoms with van der Waals surface area (Å²) in [5.41, 5.74) is 3.42. The maximum Gasteiger partial charge on any atom is 0.258 e. The standard InChI is InChI=1S/C23H21ClN2O3/c1-15-11-18-13-25-10-9-20(18)26(15)23(27)16-7-8-21(22(12-16)28-2)29-14-17-5-3-4-6-19(17)24/h3-10,12-13,15H,11,14H2,1-2H3. The van der Waals surface area contributed by atoms with Crippen LogP contribution in [0, 0.1) is 0 Å². The number of carbonyl (C=O) groups excluding carboxylic acids is 1. The lowest BCUT2D eigenvalue weighted by Gasteiger charge is -2.23. The first-order chi connectivity index (χ1) is 14.1. The van der Waals surface area contributed by atoms with Crippen LogP contribution in [0.15, 0.2) is 60.9 Å². The van der Waals surface area contributed by atoms with Crippen LogP contribution in [0.3, 0.4) is 0 Å². The molecule has 1 aromatic heterocycles. The van der Waals surface area contributed by atoms with Crippen molar-refractivity contribution in [2.45, 2.75) is 26.0 Å². The largest absolute Gasteiger partial charge is 0.493 e. The molecule has 0 saturated heterocycles. The minimum absolute atomic E-state index is 0.0709. The molecule has 1 aliphatic heterocycles. The number of fused-ring (bicyclic) bond motifs is 1. The van der Waals surface area contributed by atoms with E-state index in [1.807, 2.05) is 48.4 Å². The first kappa shape index (κ1) is 19.3. The number of rotatable bonds is 5. The SMILES string of the molecule is COc1cc(C(=O)N2c3ccncc3CC2C)ccc1OCc1ccccc1Cl. The Morgan fingerprint density at radius 1 is 1.21 bits per heavy atom. The van der Waals surface area contributed by atoms with E-state index in [0.29, 0.717) is 28.7 Å². The number of pyridine rings is 1. The third-order valence-corrected chi connectivity index (χ3v) is 5.43. The van der Waals surface area contributed by atoms with Crippen LogP contribution in [0.1, 0.15) is 28.4 Å². The molecule has 0 saturated carbocycles. The van der Waals surface area contributed by atoms with Crippen molar-refractivity contribution in [2.24, 2.45) is 0 Å². The smallest absolute Gasteiger partial charge is 0.258 e. The number of nitrogens with zero attached hydrogens (tertiary/aromatic N) is 2. The molecule has 0 spiro atoms. The lowest BCUT2D eigenvalue weighted by Crippen LogP contribution is -2.35. The minimum Gasteiger partial charge on any atom is -0.493 e. The van der Waals surface area contributed by atoms with E-state index in [4.69, 9.17) is 21.1 Å². The lowest BCUT2D eigenvalue weighted by atomic mass is 10.1. The van der Waals surface area contributed by atoms with Gasteiger partial charge in [0.25, 0.3) is 5.91 Å². The maximum atomic E-state index is 13.2. The zero-order chi connectivity index (χ0) is 20.4. The van der Waals surface area contributed by atoms with Gasteiger partial charge in [0, 0.05) is 34.6 Å². The quantitative estimate of drug-likeness (QED) is 0.601. The molecule has 0 radical (unpaired) electrons. The zero-order valence-electron chi connectivity index (χ0n) is 16.3. The van der Waals surface area contributed by atoms with E-state index < -0.39 is 0 Å². The van der Waals surface area contributed by atoms with E-state index in [0.717, 1.165) is 23.2 Å². The number of halogens is 1.